The highest BCUT2D eigenvalue weighted by atomic mass is 19.4. The SMILES string of the molecule is O=C(O)c1ccn(Cc2ccc(-c3noc(-c4ccc(C5=CCCCC5)c(C(F)(F)F)c4)n3)cc2)n1. The van der Waals surface area contributed by atoms with Gasteiger partial charge >= 0.3 is 12.1 Å². The van der Waals surface area contributed by atoms with E-state index in [1.54, 1.807) is 24.4 Å². The van der Waals surface area contributed by atoms with Gasteiger partial charge in [0.15, 0.2) is 5.69 Å². The molecule has 2 aromatic heterocycles. The lowest BCUT2D eigenvalue weighted by Gasteiger charge is -2.18. The molecule has 10 heteroatoms. The van der Waals surface area contributed by atoms with Crippen LogP contribution in [0.2, 0.25) is 0 Å². The molecular formula is C26H21F3N4O3. The van der Waals surface area contributed by atoms with Crippen molar-refractivity contribution in [1.82, 2.24) is 19.9 Å². The van der Waals surface area contributed by atoms with E-state index in [0.29, 0.717) is 18.5 Å². The fourth-order valence-corrected chi connectivity index (χ4v) is 4.24. The van der Waals surface area contributed by atoms with Crippen LogP contribution in [-0.4, -0.2) is 31.0 Å². The minimum Gasteiger partial charge on any atom is -0.476 e. The zero-order valence-electron chi connectivity index (χ0n) is 19.0. The van der Waals surface area contributed by atoms with Gasteiger partial charge in [-0.25, -0.2) is 4.79 Å². The quantitative estimate of drug-likeness (QED) is 0.337. The second-order valence-electron chi connectivity index (χ2n) is 8.56. The maximum absolute atomic E-state index is 13.9. The number of nitrogens with zero attached hydrogens (tertiary/aromatic N) is 4. The number of allylic oxidation sites excluding steroid dienone is 2. The van der Waals surface area contributed by atoms with Gasteiger partial charge < -0.3 is 9.63 Å². The van der Waals surface area contributed by atoms with Crippen LogP contribution >= 0.6 is 0 Å². The van der Waals surface area contributed by atoms with Gasteiger partial charge in [-0.3, -0.25) is 4.68 Å². The number of carboxylic acid groups (broad SMARTS) is 1. The summed E-state index contributed by atoms with van der Waals surface area (Å²) >= 11 is 0. The van der Waals surface area contributed by atoms with Gasteiger partial charge in [-0.1, -0.05) is 41.6 Å². The van der Waals surface area contributed by atoms with Gasteiger partial charge in [0.05, 0.1) is 12.1 Å². The molecule has 5 rings (SSSR count). The molecule has 0 unspecified atom stereocenters. The number of aromatic carboxylic acids is 1. The maximum Gasteiger partial charge on any atom is 0.417 e. The number of halogens is 3. The molecule has 0 saturated carbocycles. The van der Waals surface area contributed by atoms with Crippen LogP contribution in [0.15, 0.2) is 65.3 Å². The summed E-state index contributed by atoms with van der Waals surface area (Å²) in [5, 5.41) is 16.9. The summed E-state index contributed by atoms with van der Waals surface area (Å²) < 4.78 is 48.4. The lowest BCUT2D eigenvalue weighted by molar-refractivity contribution is -0.137. The first kappa shape index (κ1) is 23.5. The van der Waals surface area contributed by atoms with Crippen LogP contribution in [0.4, 0.5) is 13.2 Å². The summed E-state index contributed by atoms with van der Waals surface area (Å²) in [7, 11) is 0. The van der Waals surface area contributed by atoms with Crippen molar-refractivity contribution < 1.29 is 27.6 Å². The van der Waals surface area contributed by atoms with Crippen LogP contribution in [0.5, 0.6) is 0 Å². The molecule has 7 nitrogen and oxygen atoms in total. The van der Waals surface area contributed by atoms with Gasteiger partial charge in [0.1, 0.15) is 0 Å². The molecule has 0 amide bonds. The third-order valence-corrected chi connectivity index (χ3v) is 6.05. The maximum atomic E-state index is 13.9. The van der Waals surface area contributed by atoms with E-state index in [1.165, 1.54) is 16.8 Å². The summed E-state index contributed by atoms with van der Waals surface area (Å²) in [5.41, 5.74) is 1.87. The van der Waals surface area contributed by atoms with Gasteiger partial charge in [-0.2, -0.15) is 23.3 Å². The number of benzene rings is 2. The zero-order chi connectivity index (χ0) is 25.3. The smallest absolute Gasteiger partial charge is 0.417 e. The molecule has 0 aliphatic heterocycles. The standard InChI is InChI=1S/C26H21F3N4O3/c27-26(28,29)21-14-19(10-11-20(21)17-4-2-1-3-5-17)24-30-23(32-36-24)18-8-6-16(7-9-18)15-33-13-12-22(31-33)25(34)35/h4,6-14H,1-3,5,15H2,(H,34,35). The van der Waals surface area contributed by atoms with Crippen LogP contribution < -0.4 is 0 Å². The van der Waals surface area contributed by atoms with Crippen molar-refractivity contribution in [2.75, 3.05) is 0 Å². The summed E-state index contributed by atoms with van der Waals surface area (Å²) in [6.45, 7) is 0.369. The van der Waals surface area contributed by atoms with E-state index in [-0.39, 0.29) is 28.5 Å². The Morgan fingerprint density at radius 3 is 2.50 bits per heavy atom. The lowest BCUT2D eigenvalue weighted by atomic mass is 9.89. The second-order valence-corrected chi connectivity index (χ2v) is 8.56. The van der Waals surface area contributed by atoms with E-state index < -0.39 is 17.7 Å². The molecule has 0 radical (unpaired) electrons. The normalized spacial score (nSPS) is 14.0. The Morgan fingerprint density at radius 1 is 1.06 bits per heavy atom. The molecule has 0 atom stereocenters. The Balaban J connectivity index is 1.37. The molecule has 1 aliphatic carbocycles. The van der Waals surface area contributed by atoms with Crippen LogP contribution in [0.25, 0.3) is 28.4 Å². The summed E-state index contributed by atoms with van der Waals surface area (Å²) in [6.07, 6.45) is 2.23. The fraction of sp³-hybridized carbons (Fsp3) is 0.231. The number of carboxylic acids is 1. The van der Waals surface area contributed by atoms with Crippen molar-refractivity contribution >= 4 is 11.5 Å². The van der Waals surface area contributed by atoms with Crippen LogP contribution in [-0.2, 0) is 12.7 Å². The van der Waals surface area contributed by atoms with Gasteiger partial charge in [0, 0.05) is 17.3 Å². The van der Waals surface area contributed by atoms with Crippen molar-refractivity contribution in [3.63, 3.8) is 0 Å². The molecule has 0 fully saturated rings. The van der Waals surface area contributed by atoms with Crippen LogP contribution in [0.1, 0.15) is 52.9 Å². The Hall–Kier alpha value is -4.21. The Bertz CT molecular complexity index is 1440. The average molecular weight is 494 g/mol. The number of hydrogen-bond donors (Lipinski definition) is 1. The van der Waals surface area contributed by atoms with E-state index in [0.717, 1.165) is 36.5 Å². The van der Waals surface area contributed by atoms with Gasteiger partial charge in [0.25, 0.3) is 5.89 Å². The summed E-state index contributed by atoms with van der Waals surface area (Å²) in [4.78, 5) is 15.3. The topological polar surface area (TPSA) is 94.0 Å². The predicted molar refractivity (Wildman–Crippen MR) is 125 cm³/mol. The lowest BCUT2D eigenvalue weighted by Crippen LogP contribution is -2.10. The monoisotopic (exact) mass is 494 g/mol. The van der Waals surface area contributed by atoms with Crippen molar-refractivity contribution in [3.8, 4) is 22.8 Å². The number of aromatic nitrogens is 4. The first-order chi connectivity index (χ1) is 17.3. The first-order valence-electron chi connectivity index (χ1n) is 11.4. The molecule has 4 aromatic rings. The Morgan fingerprint density at radius 2 is 1.83 bits per heavy atom. The van der Waals surface area contributed by atoms with Crippen LogP contribution in [0, 0.1) is 0 Å². The van der Waals surface area contributed by atoms with E-state index >= 15 is 0 Å². The predicted octanol–water partition coefficient (Wildman–Crippen LogP) is 6.32. The molecule has 0 bridgehead atoms. The number of carbonyl (C=O) groups is 1. The highest BCUT2D eigenvalue weighted by Crippen LogP contribution is 2.40. The highest BCUT2D eigenvalue weighted by molar-refractivity contribution is 5.85. The van der Waals surface area contributed by atoms with E-state index in [4.69, 9.17) is 9.63 Å². The van der Waals surface area contributed by atoms with Gasteiger partial charge in [0.2, 0.25) is 5.82 Å². The van der Waals surface area contributed by atoms with Gasteiger partial charge in [-0.15, -0.1) is 0 Å². The number of rotatable bonds is 6. The molecule has 36 heavy (non-hydrogen) atoms. The minimum absolute atomic E-state index is 0.00138. The van der Waals surface area contributed by atoms with Crippen molar-refractivity contribution in [1.29, 1.82) is 0 Å². The third kappa shape index (κ3) is 4.93. The minimum atomic E-state index is -4.51. The van der Waals surface area contributed by atoms with E-state index in [2.05, 4.69) is 15.2 Å². The Labute approximate surface area is 203 Å². The van der Waals surface area contributed by atoms with Crippen LogP contribution in [0.3, 0.4) is 0 Å². The number of hydrogen-bond acceptors (Lipinski definition) is 5. The molecular weight excluding hydrogens is 473 g/mol. The second kappa shape index (κ2) is 9.44. The molecule has 1 aliphatic rings. The average Bonchev–Trinajstić information content (AvgIpc) is 3.55. The molecule has 0 spiro atoms. The first-order valence-corrected chi connectivity index (χ1v) is 11.4. The summed E-state index contributed by atoms with van der Waals surface area (Å²) in [5.74, 6) is -0.849. The molecule has 2 aromatic carbocycles. The van der Waals surface area contributed by atoms with Crippen molar-refractivity contribution in [2.45, 2.75) is 38.4 Å². The fourth-order valence-electron chi connectivity index (χ4n) is 4.24. The molecule has 0 saturated heterocycles. The van der Waals surface area contributed by atoms with E-state index in [9.17, 15) is 18.0 Å². The molecule has 2 heterocycles. The molecule has 184 valence electrons. The third-order valence-electron chi connectivity index (χ3n) is 6.05. The highest BCUT2D eigenvalue weighted by Gasteiger charge is 2.35. The van der Waals surface area contributed by atoms with Gasteiger partial charge in [-0.05, 0) is 60.6 Å². The van der Waals surface area contributed by atoms with Crippen molar-refractivity contribution in [2.24, 2.45) is 0 Å². The summed E-state index contributed by atoms with van der Waals surface area (Å²) in [6, 6.07) is 12.7. The zero-order valence-corrected chi connectivity index (χ0v) is 19.0. The molecule has 1 N–H and O–H groups in total. The van der Waals surface area contributed by atoms with E-state index in [1.807, 2.05) is 18.2 Å². The Kier molecular flexibility index (Phi) is 6.17. The number of alkyl halides is 3. The van der Waals surface area contributed by atoms with Crippen molar-refractivity contribution in [3.05, 3.63) is 83.2 Å². The largest absolute Gasteiger partial charge is 0.476 e.